The first-order valence-electron chi connectivity index (χ1n) is 9.05. The average molecular weight is 362 g/mol. The van der Waals surface area contributed by atoms with E-state index in [1.807, 2.05) is 6.92 Å². The van der Waals surface area contributed by atoms with Crippen LogP contribution in [0.1, 0.15) is 39.0 Å². The molecule has 140 valence electrons. The van der Waals surface area contributed by atoms with Gasteiger partial charge in [-0.1, -0.05) is 12.8 Å². The highest BCUT2D eigenvalue weighted by molar-refractivity contribution is 7.89. The maximum atomic E-state index is 11.9. The lowest BCUT2D eigenvalue weighted by Gasteiger charge is -2.20. The number of hydrogen-bond acceptors (Lipinski definition) is 5. The van der Waals surface area contributed by atoms with Crippen molar-refractivity contribution in [3.8, 4) is 0 Å². The molecule has 0 spiro atoms. The van der Waals surface area contributed by atoms with Crippen molar-refractivity contribution >= 4 is 15.9 Å². The summed E-state index contributed by atoms with van der Waals surface area (Å²) >= 11 is 0. The maximum Gasteiger partial charge on any atom is 0.235 e. The minimum Gasteiger partial charge on any atom is -0.381 e. The molecule has 2 aliphatic rings. The number of carbonyl (C=O) groups excluding carboxylic acids is 1. The molecule has 0 aromatic rings. The normalized spacial score (nSPS) is 23.0. The number of rotatable bonds is 10. The van der Waals surface area contributed by atoms with Gasteiger partial charge in [0.25, 0.3) is 0 Å². The van der Waals surface area contributed by atoms with Gasteiger partial charge in [0, 0.05) is 32.3 Å². The smallest absolute Gasteiger partial charge is 0.235 e. The van der Waals surface area contributed by atoms with E-state index in [-0.39, 0.29) is 30.9 Å². The van der Waals surface area contributed by atoms with E-state index in [0.717, 1.165) is 32.0 Å². The Morgan fingerprint density at radius 1 is 1.25 bits per heavy atom. The molecule has 1 amide bonds. The van der Waals surface area contributed by atoms with Gasteiger partial charge >= 0.3 is 0 Å². The van der Waals surface area contributed by atoms with Crippen molar-refractivity contribution in [1.82, 2.24) is 14.9 Å². The van der Waals surface area contributed by atoms with Crippen LogP contribution in [0, 0.1) is 5.92 Å². The molecule has 1 heterocycles. The van der Waals surface area contributed by atoms with Gasteiger partial charge in [-0.2, -0.15) is 0 Å². The maximum absolute atomic E-state index is 11.9. The average Bonchev–Trinajstić information content (AvgIpc) is 3.18. The second-order valence-electron chi connectivity index (χ2n) is 6.80. The predicted octanol–water partition coefficient (Wildman–Crippen LogP) is 0.323. The lowest BCUT2D eigenvalue weighted by Crippen LogP contribution is -2.44. The van der Waals surface area contributed by atoms with Gasteiger partial charge in [-0.15, -0.1) is 0 Å². The Morgan fingerprint density at radius 3 is 2.71 bits per heavy atom. The van der Waals surface area contributed by atoms with Crippen molar-refractivity contribution in [1.29, 1.82) is 0 Å². The molecule has 24 heavy (non-hydrogen) atoms. The summed E-state index contributed by atoms with van der Waals surface area (Å²) in [7, 11) is -3.46. The van der Waals surface area contributed by atoms with Crippen LogP contribution in [-0.2, 0) is 19.6 Å². The number of nitrogens with zero attached hydrogens (tertiary/aromatic N) is 1. The van der Waals surface area contributed by atoms with E-state index in [1.165, 1.54) is 25.7 Å². The molecule has 7 nitrogen and oxygen atoms in total. The summed E-state index contributed by atoms with van der Waals surface area (Å²) in [6.45, 7) is 5.26. The van der Waals surface area contributed by atoms with Crippen LogP contribution in [0.5, 0.6) is 0 Å². The van der Waals surface area contributed by atoms with E-state index in [1.54, 1.807) is 0 Å². The Hall–Kier alpha value is -0.700. The quantitative estimate of drug-likeness (QED) is 0.547. The summed E-state index contributed by atoms with van der Waals surface area (Å²) in [5, 5.41) is 2.93. The van der Waals surface area contributed by atoms with E-state index < -0.39 is 10.0 Å². The summed E-state index contributed by atoms with van der Waals surface area (Å²) in [5.41, 5.74) is 0. The molecule has 1 aliphatic heterocycles. The van der Waals surface area contributed by atoms with Crippen LogP contribution in [-0.4, -0.2) is 70.4 Å². The highest BCUT2D eigenvalue weighted by atomic mass is 32.2. The summed E-state index contributed by atoms with van der Waals surface area (Å²) in [5.74, 6) is 0.437. The Kier molecular flexibility index (Phi) is 7.93. The minimum absolute atomic E-state index is 0.118. The molecule has 0 bridgehead atoms. The van der Waals surface area contributed by atoms with Crippen LogP contribution < -0.4 is 10.0 Å². The number of ether oxygens (including phenoxy) is 1. The van der Waals surface area contributed by atoms with Gasteiger partial charge in [-0.3, -0.25) is 4.79 Å². The molecule has 0 radical (unpaired) electrons. The fourth-order valence-electron chi connectivity index (χ4n) is 3.51. The van der Waals surface area contributed by atoms with E-state index in [4.69, 9.17) is 4.74 Å². The number of carbonyl (C=O) groups is 1. The van der Waals surface area contributed by atoms with Crippen molar-refractivity contribution in [3.05, 3.63) is 0 Å². The van der Waals surface area contributed by atoms with Gasteiger partial charge in [-0.05, 0) is 32.1 Å². The summed E-state index contributed by atoms with van der Waals surface area (Å²) in [6, 6.07) is 0.131. The van der Waals surface area contributed by atoms with Gasteiger partial charge in [0.15, 0.2) is 0 Å². The molecule has 2 rings (SSSR count). The fourth-order valence-corrected chi connectivity index (χ4v) is 4.35. The van der Waals surface area contributed by atoms with Crippen LogP contribution in [0.2, 0.25) is 0 Å². The van der Waals surface area contributed by atoms with Crippen LogP contribution in [0.15, 0.2) is 0 Å². The Morgan fingerprint density at radius 2 is 2.00 bits per heavy atom. The van der Waals surface area contributed by atoms with Crippen molar-refractivity contribution < 1.29 is 17.9 Å². The zero-order chi connectivity index (χ0) is 17.4. The first kappa shape index (κ1) is 19.6. The molecule has 1 unspecified atom stereocenters. The second kappa shape index (κ2) is 9.70. The number of likely N-dealkylation sites (tertiary alicyclic amines) is 1. The Balaban J connectivity index is 1.62. The molecule has 0 aromatic heterocycles. The molecule has 2 fully saturated rings. The molecule has 1 saturated heterocycles. The van der Waals surface area contributed by atoms with E-state index in [9.17, 15) is 13.2 Å². The fraction of sp³-hybridized carbons (Fsp3) is 0.938. The number of amides is 1. The molecule has 1 saturated carbocycles. The SMILES string of the molecule is CCOCCS(=O)(=O)NCC(=O)NC1CCN(CC2CCCC2)C1. The topological polar surface area (TPSA) is 87.7 Å². The van der Waals surface area contributed by atoms with Crippen LogP contribution in [0.4, 0.5) is 0 Å². The zero-order valence-electron chi connectivity index (χ0n) is 14.6. The largest absolute Gasteiger partial charge is 0.381 e. The van der Waals surface area contributed by atoms with Gasteiger partial charge in [0.05, 0.1) is 18.9 Å². The molecule has 2 N–H and O–H groups in total. The van der Waals surface area contributed by atoms with Crippen LogP contribution in [0.25, 0.3) is 0 Å². The van der Waals surface area contributed by atoms with E-state index in [2.05, 4.69) is 14.9 Å². The summed E-state index contributed by atoms with van der Waals surface area (Å²) in [4.78, 5) is 14.4. The lowest BCUT2D eigenvalue weighted by molar-refractivity contribution is -0.120. The second-order valence-corrected chi connectivity index (χ2v) is 8.73. The first-order chi connectivity index (χ1) is 11.5. The van der Waals surface area contributed by atoms with Gasteiger partial charge in [-0.25, -0.2) is 13.1 Å². The Bertz CT molecular complexity index is 492. The highest BCUT2D eigenvalue weighted by Gasteiger charge is 2.27. The van der Waals surface area contributed by atoms with Gasteiger partial charge in [0.1, 0.15) is 0 Å². The molecule has 0 aromatic carbocycles. The standard InChI is InChI=1S/C16H31N3O4S/c1-2-23-9-10-24(21,22)17-11-16(20)18-15-7-8-19(13-15)12-14-5-3-4-6-14/h14-15,17H,2-13H2,1H3,(H,18,20). The molecule has 8 heteroatoms. The summed E-state index contributed by atoms with van der Waals surface area (Å²) < 4.78 is 30.8. The van der Waals surface area contributed by atoms with Crippen molar-refractivity contribution in [2.75, 3.05) is 45.1 Å². The van der Waals surface area contributed by atoms with Crippen LogP contribution >= 0.6 is 0 Å². The minimum atomic E-state index is -3.46. The zero-order valence-corrected chi connectivity index (χ0v) is 15.4. The molecule has 1 aliphatic carbocycles. The van der Waals surface area contributed by atoms with Crippen molar-refractivity contribution in [3.63, 3.8) is 0 Å². The molecule has 1 atom stereocenters. The number of sulfonamides is 1. The van der Waals surface area contributed by atoms with E-state index in [0.29, 0.717) is 6.61 Å². The third kappa shape index (κ3) is 7.04. The predicted molar refractivity (Wildman–Crippen MR) is 93.2 cm³/mol. The number of hydrogen-bond donors (Lipinski definition) is 2. The third-order valence-electron chi connectivity index (χ3n) is 4.78. The molecular weight excluding hydrogens is 330 g/mol. The van der Waals surface area contributed by atoms with E-state index >= 15 is 0 Å². The van der Waals surface area contributed by atoms with Gasteiger partial charge in [0.2, 0.25) is 15.9 Å². The third-order valence-corrected chi connectivity index (χ3v) is 6.07. The molecular formula is C16H31N3O4S. The van der Waals surface area contributed by atoms with Crippen molar-refractivity contribution in [2.24, 2.45) is 5.92 Å². The monoisotopic (exact) mass is 361 g/mol. The first-order valence-corrected chi connectivity index (χ1v) is 10.7. The summed E-state index contributed by atoms with van der Waals surface area (Å²) in [6.07, 6.45) is 6.30. The van der Waals surface area contributed by atoms with Crippen LogP contribution in [0.3, 0.4) is 0 Å². The Labute approximate surface area is 145 Å². The lowest BCUT2D eigenvalue weighted by atomic mass is 10.1. The van der Waals surface area contributed by atoms with Gasteiger partial charge < -0.3 is 15.0 Å². The highest BCUT2D eigenvalue weighted by Crippen LogP contribution is 2.26. The number of nitrogens with one attached hydrogen (secondary N) is 2. The van der Waals surface area contributed by atoms with Crippen molar-refractivity contribution in [2.45, 2.75) is 45.1 Å².